The fourth-order valence-electron chi connectivity index (χ4n) is 1.73. The molecule has 0 heterocycles. The molecule has 0 saturated heterocycles. The van der Waals surface area contributed by atoms with Crippen molar-refractivity contribution >= 4 is 0 Å². The van der Waals surface area contributed by atoms with E-state index in [1.807, 2.05) is 36.4 Å². The first kappa shape index (κ1) is 15.9. The van der Waals surface area contributed by atoms with Crippen LogP contribution in [0.2, 0.25) is 0 Å². The summed E-state index contributed by atoms with van der Waals surface area (Å²) >= 11 is 0. The smallest absolute Gasteiger partial charge is 0.162 e. The maximum absolute atomic E-state index is 5.58. The van der Waals surface area contributed by atoms with E-state index in [4.69, 9.17) is 9.47 Å². The van der Waals surface area contributed by atoms with Crippen LogP contribution in [0, 0.1) is 11.8 Å². The molecule has 1 aromatic carbocycles. The number of hydrogen-bond donors (Lipinski definition) is 1. The maximum atomic E-state index is 5.58. The van der Waals surface area contributed by atoms with Gasteiger partial charge in [-0.05, 0) is 30.2 Å². The predicted octanol–water partition coefficient (Wildman–Crippen LogP) is 1.33. The Morgan fingerprint density at radius 2 is 1.75 bits per heavy atom. The van der Waals surface area contributed by atoms with Crippen molar-refractivity contribution < 1.29 is 14.4 Å². The summed E-state index contributed by atoms with van der Waals surface area (Å²) in [7, 11) is 1.62. The fraction of sp³-hybridized carbons (Fsp3) is 0.294. The molecule has 0 spiro atoms. The van der Waals surface area contributed by atoms with Gasteiger partial charge < -0.3 is 14.4 Å². The van der Waals surface area contributed by atoms with Crippen LogP contribution in [-0.4, -0.2) is 33.4 Å². The van der Waals surface area contributed by atoms with Gasteiger partial charge in [0, 0.05) is 0 Å². The zero-order valence-corrected chi connectivity index (χ0v) is 12.0. The highest BCUT2D eigenvalue weighted by atomic mass is 16.5. The average Bonchev–Trinajstić information content (AvgIpc) is 2.47. The molecule has 0 aliphatic rings. The van der Waals surface area contributed by atoms with Crippen molar-refractivity contribution in [3.63, 3.8) is 0 Å². The lowest BCUT2D eigenvalue weighted by Gasteiger charge is -2.11. The largest absolute Gasteiger partial charge is 0.493 e. The molecule has 1 aromatic rings. The van der Waals surface area contributed by atoms with Gasteiger partial charge in [0.05, 0.1) is 20.2 Å². The summed E-state index contributed by atoms with van der Waals surface area (Å²) in [6.07, 6.45) is 3.79. The van der Waals surface area contributed by atoms with E-state index in [1.165, 1.54) is 4.90 Å². The third-order valence-electron chi connectivity index (χ3n) is 2.70. The van der Waals surface area contributed by atoms with Gasteiger partial charge in [0.2, 0.25) is 0 Å². The van der Waals surface area contributed by atoms with Crippen LogP contribution in [0.4, 0.5) is 0 Å². The summed E-state index contributed by atoms with van der Waals surface area (Å²) in [4.78, 5) is 1.32. The number of rotatable bonds is 8. The molecule has 1 rings (SSSR count). The number of hydrogen-bond acceptors (Lipinski definition) is 2. The molecular formula is C17H22NO2+. The van der Waals surface area contributed by atoms with Gasteiger partial charge in [-0.3, -0.25) is 0 Å². The Hall–Kier alpha value is -2.18. The normalized spacial score (nSPS) is 9.50. The molecule has 0 atom stereocenters. The van der Waals surface area contributed by atoms with Gasteiger partial charge in [-0.2, -0.15) is 0 Å². The Morgan fingerprint density at radius 3 is 2.35 bits per heavy atom. The van der Waals surface area contributed by atoms with Crippen LogP contribution in [0.1, 0.15) is 0 Å². The molecule has 3 heteroatoms. The number of nitrogens with one attached hydrogen (secondary N) is 1. The molecule has 0 aromatic heterocycles. The molecule has 0 radical (unpaired) electrons. The second-order valence-electron chi connectivity index (χ2n) is 4.21. The number of para-hydroxylation sites is 2. The standard InChI is InChI=1S/C17H21NO2/c1-4-12-18(13-5-2)14-8-9-15-20-17-11-7-6-10-16(17)19-3/h4-7,10-11H,1-2,12-15H2,3H3/p+1. The first-order valence-electron chi connectivity index (χ1n) is 6.58. The SMILES string of the molecule is C=CC[NH+](CC#CCOc1ccccc1OC)CC=C. The number of ether oxygens (including phenoxy) is 2. The Kier molecular flexibility index (Phi) is 7.71. The summed E-state index contributed by atoms with van der Waals surface area (Å²) in [5.41, 5.74) is 0. The number of methoxy groups -OCH3 is 1. The molecule has 0 aliphatic heterocycles. The molecule has 0 aliphatic carbocycles. The first-order chi connectivity index (χ1) is 9.81. The molecule has 0 fully saturated rings. The van der Waals surface area contributed by atoms with Gasteiger partial charge in [0.1, 0.15) is 13.2 Å². The molecule has 106 valence electrons. The third-order valence-corrected chi connectivity index (χ3v) is 2.70. The fourth-order valence-corrected chi connectivity index (χ4v) is 1.73. The summed E-state index contributed by atoms with van der Waals surface area (Å²) in [6.45, 7) is 10.4. The second-order valence-corrected chi connectivity index (χ2v) is 4.21. The van der Waals surface area contributed by atoms with Gasteiger partial charge in [-0.25, -0.2) is 0 Å². The summed E-state index contributed by atoms with van der Waals surface area (Å²) in [6, 6.07) is 7.55. The minimum Gasteiger partial charge on any atom is -0.493 e. The van der Waals surface area contributed by atoms with Crippen LogP contribution in [0.15, 0.2) is 49.6 Å². The Balaban J connectivity index is 2.42. The van der Waals surface area contributed by atoms with Crippen molar-refractivity contribution in [2.75, 3.05) is 33.4 Å². The Labute approximate surface area is 121 Å². The third kappa shape index (κ3) is 5.64. The summed E-state index contributed by atoms with van der Waals surface area (Å²) in [5, 5.41) is 0. The van der Waals surface area contributed by atoms with E-state index in [9.17, 15) is 0 Å². The minimum atomic E-state index is 0.357. The van der Waals surface area contributed by atoms with Crippen molar-refractivity contribution in [1.82, 2.24) is 0 Å². The van der Waals surface area contributed by atoms with E-state index in [2.05, 4.69) is 25.0 Å². The Morgan fingerprint density at radius 1 is 1.10 bits per heavy atom. The van der Waals surface area contributed by atoms with E-state index in [0.717, 1.165) is 25.4 Å². The van der Waals surface area contributed by atoms with Crippen molar-refractivity contribution in [1.29, 1.82) is 0 Å². The van der Waals surface area contributed by atoms with E-state index in [0.29, 0.717) is 12.4 Å². The van der Waals surface area contributed by atoms with Crippen molar-refractivity contribution in [3.8, 4) is 23.3 Å². The molecule has 3 nitrogen and oxygen atoms in total. The first-order valence-corrected chi connectivity index (χ1v) is 6.58. The van der Waals surface area contributed by atoms with Crippen molar-refractivity contribution in [2.45, 2.75) is 0 Å². The molecule has 20 heavy (non-hydrogen) atoms. The predicted molar refractivity (Wildman–Crippen MR) is 82.2 cm³/mol. The van der Waals surface area contributed by atoms with Crippen LogP contribution in [-0.2, 0) is 0 Å². The lowest BCUT2D eigenvalue weighted by Crippen LogP contribution is -3.11. The van der Waals surface area contributed by atoms with Crippen LogP contribution in [0.5, 0.6) is 11.5 Å². The Bertz CT molecular complexity index is 475. The summed E-state index contributed by atoms with van der Waals surface area (Å²) < 4.78 is 10.8. The second kappa shape index (κ2) is 9.71. The van der Waals surface area contributed by atoms with E-state index in [-0.39, 0.29) is 0 Å². The highest BCUT2D eigenvalue weighted by Gasteiger charge is 2.01. The lowest BCUT2D eigenvalue weighted by molar-refractivity contribution is -0.880. The summed E-state index contributed by atoms with van der Waals surface area (Å²) in [5.74, 6) is 7.57. The molecule has 0 unspecified atom stereocenters. The maximum Gasteiger partial charge on any atom is 0.162 e. The molecule has 0 amide bonds. The average molecular weight is 272 g/mol. The lowest BCUT2D eigenvalue weighted by atomic mass is 10.3. The minimum absolute atomic E-state index is 0.357. The topological polar surface area (TPSA) is 22.9 Å². The highest BCUT2D eigenvalue weighted by molar-refractivity contribution is 5.39. The van der Waals surface area contributed by atoms with E-state index in [1.54, 1.807) is 7.11 Å². The van der Waals surface area contributed by atoms with Crippen LogP contribution in [0.25, 0.3) is 0 Å². The van der Waals surface area contributed by atoms with Crippen LogP contribution < -0.4 is 14.4 Å². The molecule has 0 saturated carbocycles. The van der Waals surface area contributed by atoms with Crippen LogP contribution in [0.3, 0.4) is 0 Å². The number of quaternary nitrogens is 1. The molecule has 0 bridgehead atoms. The quantitative estimate of drug-likeness (QED) is 0.570. The van der Waals surface area contributed by atoms with Crippen molar-refractivity contribution in [2.24, 2.45) is 0 Å². The number of benzene rings is 1. The van der Waals surface area contributed by atoms with Gasteiger partial charge in [-0.15, -0.1) is 0 Å². The zero-order chi connectivity index (χ0) is 14.6. The van der Waals surface area contributed by atoms with E-state index >= 15 is 0 Å². The van der Waals surface area contributed by atoms with Gasteiger partial charge in [0.15, 0.2) is 11.5 Å². The van der Waals surface area contributed by atoms with Crippen LogP contribution >= 0.6 is 0 Å². The monoisotopic (exact) mass is 272 g/mol. The van der Waals surface area contributed by atoms with E-state index < -0.39 is 0 Å². The van der Waals surface area contributed by atoms with Crippen molar-refractivity contribution in [3.05, 3.63) is 49.6 Å². The molecular weight excluding hydrogens is 250 g/mol. The highest BCUT2D eigenvalue weighted by Crippen LogP contribution is 2.25. The van der Waals surface area contributed by atoms with Gasteiger partial charge in [-0.1, -0.05) is 31.2 Å². The van der Waals surface area contributed by atoms with Gasteiger partial charge in [0.25, 0.3) is 0 Å². The van der Waals surface area contributed by atoms with Gasteiger partial charge >= 0.3 is 0 Å². The zero-order valence-electron chi connectivity index (χ0n) is 12.0. The molecule has 1 N–H and O–H groups in total.